The Morgan fingerprint density at radius 1 is 1.00 bits per heavy atom. The Balaban J connectivity index is 2.10. The first-order valence-corrected chi connectivity index (χ1v) is 14.3. The zero-order chi connectivity index (χ0) is 22.1. The van der Waals surface area contributed by atoms with Gasteiger partial charge in [0.2, 0.25) is 8.32 Å². The molecule has 3 rings (SSSR count). The molecule has 1 aromatic heterocycles. The average Bonchev–Trinajstić information content (AvgIpc) is 3.31. The van der Waals surface area contributed by atoms with E-state index < -0.39 is 8.32 Å². The van der Waals surface area contributed by atoms with Crippen molar-refractivity contribution in [3.63, 3.8) is 0 Å². The van der Waals surface area contributed by atoms with Gasteiger partial charge in [-0.2, -0.15) is 0 Å². The van der Waals surface area contributed by atoms with Crippen molar-refractivity contribution in [1.82, 2.24) is 0 Å². The molecule has 1 fully saturated rings. The van der Waals surface area contributed by atoms with Crippen molar-refractivity contribution in [2.24, 2.45) is 0 Å². The summed E-state index contributed by atoms with van der Waals surface area (Å²) in [4.78, 5) is 2.36. The first-order valence-electron chi connectivity index (χ1n) is 10.9. The number of hydrogen-bond acceptors (Lipinski definition) is 4. The fourth-order valence-corrected chi connectivity index (χ4v) is 11.8. The molecule has 1 saturated heterocycles. The van der Waals surface area contributed by atoms with Crippen LogP contribution in [0.25, 0.3) is 0 Å². The van der Waals surface area contributed by atoms with Gasteiger partial charge in [-0.15, -0.1) is 11.3 Å². The molecule has 1 atom stereocenters. The minimum absolute atomic E-state index is 0.144. The maximum atomic E-state index is 7.31. The summed E-state index contributed by atoms with van der Waals surface area (Å²) in [7, 11) is -2.12. The summed E-state index contributed by atoms with van der Waals surface area (Å²) in [6.45, 7) is 17.4. The van der Waals surface area contributed by atoms with Crippen LogP contribution in [0.4, 0.5) is 0 Å². The van der Waals surface area contributed by atoms with Gasteiger partial charge in [-0.3, -0.25) is 0 Å². The first-order chi connectivity index (χ1) is 14.2. The summed E-state index contributed by atoms with van der Waals surface area (Å²) >= 11 is 8.14. The van der Waals surface area contributed by atoms with Gasteiger partial charge in [0.15, 0.2) is 6.29 Å². The van der Waals surface area contributed by atoms with E-state index >= 15 is 0 Å². The molecular weight excluding hydrogens is 432 g/mol. The van der Waals surface area contributed by atoms with E-state index in [4.69, 9.17) is 25.5 Å². The minimum Gasteiger partial charge on any atom is -0.405 e. The predicted molar refractivity (Wildman–Crippen MR) is 129 cm³/mol. The molecule has 6 heteroatoms. The highest BCUT2D eigenvalue weighted by Gasteiger charge is 2.47. The van der Waals surface area contributed by atoms with Crippen LogP contribution in [0, 0.1) is 6.92 Å². The van der Waals surface area contributed by atoms with Crippen LogP contribution in [-0.4, -0.2) is 21.5 Å². The quantitative estimate of drug-likeness (QED) is 0.368. The Morgan fingerprint density at radius 3 is 2.13 bits per heavy atom. The van der Waals surface area contributed by atoms with Crippen molar-refractivity contribution in [2.45, 2.75) is 77.5 Å². The summed E-state index contributed by atoms with van der Waals surface area (Å²) in [5.41, 5.74) is 3.81. The lowest BCUT2D eigenvalue weighted by atomic mass is 10.0. The Bertz CT molecular complexity index is 821. The Hall–Kier alpha value is -0.693. The van der Waals surface area contributed by atoms with Gasteiger partial charge in [0.05, 0.1) is 24.2 Å². The number of benzene rings is 1. The number of ether oxygens (including phenoxy) is 2. The molecule has 0 amide bonds. The molecule has 0 spiro atoms. The standard InChI is InChI=1S/C24H35ClO3SSi/c1-15(2)30(16(3)4,17(5)6)28-23(19-9-8-10-20(25)13-19)21-14-22(29-18(21)7)24-26-11-12-27-24/h8-10,13-17,23-24H,11-12H2,1-7H3. The number of rotatable bonds is 8. The molecule has 1 aromatic carbocycles. The Labute approximate surface area is 191 Å². The summed E-state index contributed by atoms with van der Waals surface area (Å²) in [6.07, 6.45) is -0.404. The fraction of sp³-hybridized carbons (Fsp3) is 0.583. The highest BCUT2D eigenvalue weighted by molar-refractivity contribution is 7.12. The van der Waals surface area contributed by atoms with Gasteiger partial charge in [-0.1, -0.05) is 65.3 Å². The van der Waals surface area contributed by atoms with Gasteiger partial charge in [0.25, 0.3) is 0 Å². The van der Waals surface area contributed by atoms with E-state index in [1.165, 1.54) is 10.4 Å². The van der Waals surface area contributed by atoms with Crippen LogP contribution in [0.15, 0.2) is 30.3 Å². The van der Waals surface area contributed by atoms with Crippen molar-refractivity contribution >= 4 is 31.3 Å². The van der Waals surface area contributed by atoms with E-state index in [0.29, 0.717) is 29.8 Å². The molecule has 1 aliphatic heterocycles. The Kier molecular flexibility index (Phi) is 7.86. The van der Waals surface area contributed by atoms with Crippen LogP contribution in [0.5, 0.6) is 0 Å². The van der Waals surface area contributed by atoms with Gasteiger partial charge in [-0.25, -0.2) is 0 Å². The average molecular weight is 467 g/mol. The normalized spacial score (nSPS) is 16.9. The summed E-state index contributed by atoms with van der Waals surface area (Å²) in [5.74, 6) is 0. The second-order valence-electron chi connectivity index (χ2n) is 9.10. The van der Waals surface area contributed by atoms with E-state index in [-0.39, 0.29) is 12.4 Å². The van der Waals surface area contributed by atoms with Crippen LogP contribution in [0.3, 0.4) is 0 Å². The highest BCUT2D eigenvalue weighted by atomic mass is 35.5. The van der Waals surface area contributed by atoms with Crippen LogP contribution in [0.2, 0.25) is 21.6 Å². The van der Waals surface area contributed by atoms with E-state index in [9.17, 15) is 0 Å². The molecule has 30 heavy (non-hydrogen) atoms. The second-order valence-corrected chi connectivity index (χ2v) is 16.2. The van der Waals surface area contributed by atoms with Crippen molar-refractivity contribution in [1.29, 1.82) is 0 Å². The molecule has 2 heterocycles. The third-order valence-electron chi connectivity index (χ3n) is 6.29. The smallest absolute Gasteiger partial charge is 0.201 e. The van der Waals surface area contributed by atoms with Gasteiger partial charge < -0.3 is 13.9 Å². The lowest BCUT2D eigenvalue weighted by Crippen LogP contribution is -2.48. The monoisotopic (exact) mass is 466 g/mol. The predicted octanol–water partition coefficient (Wildman–Crippen LogP) is 8.04. The molecule has 0 radical (unpaired) electrons. The number of halogens is 1. The van der Waals surface area contributed by atoms with Crippen molar-refractivity contribution in [2.75, 3.05) is 13.2 Å². The fourth-order valence-electron chi connectivity index (χ4n) is 5.01. The molecule has 0 N–H and O–H groups in total. The molecule has 0 bridgehead atoms. The number of thiophene rings is 1. The SMILES string of the molecule is Cc1sc(C2OCCO2)cc1C(O[Si](C(C)C)(C(C)C)C(C)C)c1cccc(Cl)c1. The second kappa shape index (κ2) is 9.84. The van der Waals surface area contributed by atoms with E-state index in [1.807, 2.05) is 18.2 Å². The van der Waals surface area contributed by atoms with Crippen LogP contribution in [-0.2, 0) is 13.9 Å². The molecule has 0 saturated carbocycles. The van der Waals surface area contributed by atoms with Crippen LogP contribution >= 0.6 is 22.9 Å². The van der Waals surface area contributed by atoms with Gasteiger partial charge in [0, 0.05) is 9.90 Å². The van der Waals surface area contributed by atoms with Crippen molar-refractivity contribution in [3.8, 4) is 0 Å². The summed E-state index contributed by atoms with van der Waals surface area (Å²) in [6, 6.07) is 10.3. The molecule has 0 aliphatic carbocycles. The van der Waals surface area contributed by atoms with Gasteiger partial charge >= 0.3 is 0 Å². The van der Waals surface area contributed by atoms with Crippen LogP contribution < -0.4 is 0 Å². The third kappa shape index (κ3) is 4.72. The molecule has 3 nitrogen and oxygen atoms in total. The third-order valence-corrected chi connectivity index (χ3v) is 13.7. The van der Waals surface area contributed by atoms with Gasteiger partial charge in [-0.05, 0) is 52.9 Å². The maximum Gasteiger partial charge on any atom is 0.201 e. The Morgan fingerprint density at radius 2 is 1.60 bits per heavy atom. The minimum atomic E-state index is -2.12. The summed E-state index contributed by atoms with van der Waals surface area (Å²) in [5, 5.41) is 0.738. The highest BCUT2D eigenvalue weighted by Crippen LogP contribution is 2.48. The molecule has 2 aromatic rings. The maximum absolute atomic E-state index is 7.31. The molecular formula is C24H35ClO3SSi. The number of aryl methyl sites for hydroxylation is 1. The van der Waals surface area contributed by atoms with Crippen molar-refractivity contribution < 1.29 is 13.9 Å². The zero-order valence-electron chi connectivity index (χ0n) is 19.2. The van der Waals surface area contributed by atoms with E-state index in [0.717, 1.165) is 15.5 Å². The van der Waals surface area contributed by atoms with Crippen LogP contribution in [0.1, 0.15) is 74.8 Å². The molecule has 1 unspecified atom stereocenters. The van der Waals surface area contributed by atoms with E-state index in [1.54, 1.807) is 11.3 Å². The van der Waals surface area contributed by atoms with E-state index in [2.05, 4.69) is 60.6 Å². The lowest BCUT2D eigenvalue weighted by Gasteiger charge is -2.45. The first kappa shape index (κ1) is 24.0. The van der Waals surface area contributed by atoms with Gasteiger partial charge in [0.1, 0.15) is 0 Å². The largest absolute Gasteiger partial charge is 0.405 e. The topological polar surface area (TPSA) is 27.7 Å². The molecule has 166 valence electrons. The van der Waals surface area contributed by atoms with Crippen molar-refractivity contribution in [3.05, 3.63) is 56.2 Å². The number of hydrogen-bond donors (Lipinski definition) is 0. The zero-order valence-corrected chi connectivity index (χ0v) is 21.8. The molecule has 1 aliphatic rings. The summed E-state index contributed by atoms with van der Waals surface area (Å²) < 4.78 is 18.8. The lowest BCUT2D eigenvalue weighted by molar-refractivity contribution is -0.0413.